The van der Waals surface area contributed by atoms with Crippen molar-refractivity contribution in [1.82, 2.24) is 5.43 Å². The fourth-order valence-electron chi connectivity index (χ4n) is 3.57. The van der Waals surface area contributed by atoms with E-state index in [0.29, 0.717) is 6.04 Å². The average molecular weight is 283 g/mol. The molecule has 1 unspecified atom stereocenters. The van der Waals surface area contributed by atoms with Gasteiger partial charge in [0.25, 0.3) is 0 Å². The van der Waals surface area contributed by atoms with Crippen molar-refractivity contribution in [3.63, 3.8) is 0 Å². The molecule has 0 aromatic heterocycles. The first-order valence-corrected chi connectivity index (χ1v) is 9.33. The number of rotatable bonds is 12. The number of nitrogens with one attached hydrogen (secondary N) is 1. The molecular formula is C18H38N2. The number of hydrogen-bond donors (Lipinski definition) is 2. The van der Waals surface area contributed by atoms with E-state index in [0.717, 1.165) is 5.92 Å². The molecule has 1 aliphatic carbocycles. The van der Waals surface area contributed by atoms with Gasteiger partial charge in [-0.1, -0.05) is 84.0 Å². The van der Waals surface area contributed by atoms with E-state index in [9.17, 15) is 0 Å². The fourth-order valence-corrected chi connectivity index (χ4v) is 3.57. The summed E-state index contributed by atoms with van der Waals surface area (Å²) in [5.74, 6) is 6.71. The van der Waals surface area contributed by atoms with E-state index in [1.807, 2.05) is 0 Å². The highest BCUT2D eigenvalue weighted by molar-refractivity contribution is 4.70. The van der Waals surface area contributed by atoms with Gasteiger partial charge in [0.15, 0.2) is 0 Å². The van der Waals surface area contributed by atoms with Crippen LogP contribution in [0.5, 0.6) is 0 Å². The van der Waals surface area contributed by atoms with Crippen LogP contribution in [0.15, 0.2) is 0 Å². The lowest BCUT2D eigenvalue weighted by Crippen LogP contribution is -2.35. The highest BCUT2D eigenvalue weighted by atomic mass is 15.2. The Balaban J connectivity index is 1.95. The fraction of sp³-hybridized carbons (Fsp3) is 1.00. The second-order valence-corrected chi connectivity index (χ2v) is 6.85. The Kier molecular flexibility index (Phi) is 11.4. The minimum absolute atomic E-state index is 0.563. The maximum Gasteiger partial charge on any atom is 0.0210 e. The molecule has 1 atom stereocenters. The highest BCUT2D eigenvalue weighted by Gasteiger charge is 2.15. The van der Waals surface area contributed by atoms with Crippen LogP contribution in [-0.4, -0.2) is 6.04 Å². The standard InChI is InChI=1S/C18H38N2/c1-2-3-4-5-6-7-11-14-18(20-19)16-15-17-12-9-8-10-13-17/h17-18,20H,2-16,19H2,1H3. The Morgan fingerprint density at radius 3 is 2.20 bits per heavy atom. The lowest BCUT2D eigenvalue weighted by atomic mass is 9.85. The van der Waals surface area contributed by atoms with E-state index in [1.165, 1.54) is 96.3 Å². The first kappa shape index (κ1) is 18.0. The third kappa shape index (κ3) is 8.97. The number of unbranched alkanes of at least 4 members (excludes halogenated alkanes) is 6. The summed E-state index contributed by atoms with van der Waals surface area (Å²) >= 11 is 0. The van der Waals surface area contributed by atoms with Gasteiger partial charge in [-0.3, -0.25) is 11.3 Å². The topological polar surface area (TPSA) is 38.0 Å². The molecule has 20 heavy (non-hydrogen) atoms. The third-order valence-electron chi connectivity index (χ3n) is 5.04. The van der Waals surface area contributed by atoms with E-state index in [4.69, 9.17) is 5.84 Å². The van der Waals surface area contributed by atoms with E-state index in [-0.39, 0.29) is 0 Å². The molecule has 1 fully saturated rings. The van der Waals surface area contributed by atoms with Crippen LogP contribution in [0.25, 0.3) is 0 Å². The van der Waals surface area contributed by atoms with Gasteiger partial charge in [0, 0.05) is 6.04 Å². The van der Waals surface area contributed by atoms with Crippen molar-refractivity contribution < 1.29 is 0 Å². The summed E-state index contributed by atoms with van der Waals surface area (Å²) in [5.41, 5.74) is 3.05. The number of hydrogen-bond acceptors (Lipinski definition) is 2. The van der Waals surface area contributed by atoms with Crippen LogP contribution in [0.1, 0.15) is 103 Å². The van der Waals surface area contributed by atoms with Gasteiger partial charge in [0.2, 0.25) is 0 Å². The maximum absolute atomic E-state index is 5.72. The summed E-state index contributed by atoms with van der Waals surface area (Å²) in [7, 11) is 0. The predicted molar refractivity (Wildman–Crippen MR) is 89.5 cm³/mol. The molecule has 0 radical (unpaired) electrons. The van der Waals surface area contributed by atoms with E-state index in [2.05, 4.69) is 12.3 Å². The van der Waals surface area contributed by atoms with Crippen molar-refractivity contribution in [2.75, 3.05) is 0 Å². The molecule has 0 bridgehead atoms. The summed E-state index contributed by atoms with van der Waals surface area (Å²) in [4.78, 5) is 0. The molecule has 1 rings (SSSR count). The van der Waals surface area contributed by atoms with Crippen LogP contribution in [0, 0.1) is 5.92 Å². The van der Waals surface area contributed by atoms with Crippen LogP contribution in [0.4, 0.5) is 0 Å². The number of hydrazine groups is 1. The second-order valence-electron chi connectivity index (χ2n) is 6.85. The van der Waals surface area contributed by atoms with E-state index >= 15 is 0 Å². The molecule has 2 heteroatoms. The van der Waals surface area contributed by atoms with Gasteiger partial charge in [0.05, 0.1) is 0 Å². The van der Waals surface area contributed by atoms with Crippen molar-refractivity contribution in [1.29, 1.82) is 0 Å². The zero-order valence-electron chi connectivity index (χ0n) is 13.8. The highest BCUT2D eigenvalue weighted by Crippen LogP contribution is 2.28. The Hall–Kier alpha value is -0.0800. The number of nitrogens with two attached hydrogens (primary N) is 1. The third-order valence-corrected chi connectivity index (χ3v) is 5.04. The molecule has 1 saturated carbocycles. The molecule has 0 aromatic rings. The SMILES string of the molecule is CCCCCCCCCC(CCC1CCCCC1)NN. The predicted octanol–water partition coefficient (Wildman–Crippen LogP) is 5.32. The van der Waals surface area contributed by atoms with Crippen molar-refractivity contribution in [2.24, 2.45) is 11.8 Å². The average Bonchev–Trinajstić information content (AvgIpc) is 2.50. The maximum atomic E-state index is 5.72. The summed E-state index contributed by atoms with van der Waals surface area (Å²) in [5, 5.41) is 0. The second kappa shape index (κ2) is 12.6. The molecule has 0 heterocycles. The van der Waals surface area contributed by atoms with Crippen molar-refractivity contribution in [3.05, 3.63) is 0 Å². The van der Waals surface area contributed by atoms with E-state index in [1.54, 1.807) is 0 Å². The quantitative estimate of drug-likeness (QED) is 0.289. The molecule has 2 nitrogen and oxygen atoms in total. The van der Waals surface area contributed by atoms with E-state index < -0.39 is 0 Å². The summed E-state index contributed by atoms with van der Waals surface area (Å²) < 4.78 is 0. The van der Waals surface area contributed by atoms with Crippen molar-refractivity contribution >= 4 is 0 Å². The molecule has 120 valence electrons. The van der Waals surface area contributed by atoms with Gasteiger partial charge >= 0.3 is 0 Å². The molecular weight excluding hydrogens is 244 g/mol. The summed E-state index contributed by atoms with van der Waals surface area (Å²) in [6.07, 6.45) is 21.1. The minimum Gasteiger partial charge on any atom is -0.271 e. The molecule has 0 saturated heterocycles. The zero-order chi connectivity index (χ0) is 14.5. The monoisotopic (exact) mass is 282 g/mol. The smallest absolute Gasteiger partial charge is 0.0210 e. The normalized spacial score (nSPS) is 18.3. The van der Waals surface area contributed by atoms with Crippen LogP contribution in [-0.2, 0) is 0 Å². The Labute approximate surface area is 127 Å². The van der Waals surface area contributed by atoms with Crippen LogP contribution < -0.4 is 11.3 Å². The summed E-state index contributed by atoms with van der Waals surface area (Å²) in [6.45, 7) is 2.28. The van der Waals surface area contributed by atoms with Crippen molar-refractivity contribution in [2.45, 2.75) is 109 Å². The Morgan fingerprint density at radius 2 is 1.55 bits per heavy atom. The molecule has 0 aromatic carbocycles. The Bertz CT molecular complexity index is 200. The lowest BCUT2D eigenvalue weighted by molar-refractivity contribution is 0.307. The molecule has 1 aliphatic rings. The van der Waals surface area contributed by atoms with Gasteiger partial charge < -0.3 is 0 Å². The Morgan fingerprint density at radius 1 is 0.900 bits per heavy atom. The first-order valence-electron chi connectivity index (χ1n) is 9.33. The first-order chi connectivity index (χ1) is 9.86. The molecule has 3 N–H and O–H groups in total. The summed E-state index contributed by atoms with van der Waals surface area (Å²) in [6, 6.07) is 0.563. The van der Waals surface area contributed by atoms with Gasteiger partial charge in [-0.05, 0) is 25.2 Å². The van der Waals surface area contributed by atoms with Crippen LogP contribution >= 0.6 is 0 Å². The van der Waals surface area contributed by atoms with Crippen molar-refractivity contribution in [3.8, 4) is 0 Å². The molecule has 0 aliphatic heterocycles. The molecule has 0 spiro atoms. The zero-order valence-corrected chi connectivity index (χ0v) is 13.8. The van der Waals surface area contributed by atoms with Gasteiger partial charge in [-0.25, -0.2) is 0 Å². The lowest BCUT2D eigenvalue weighted by Gasteiger charge is -2.24. The van der Waals surface area contributed by atoms with Crippen LogP contribution in [0.2, 0.25) is 0 Å². The van der Waals surface area contributed by atoms with Crippen LogP contribution in [0.3, 0.4) is 0 Å². The largest absolute Gasteiger partial charge is 0.271 e. The van der Waals surface area contributed by atoms with Gasteiger partial charge in [-0.15, -0.1) is 0 Å². The van der Waals surface area contributed by atoms with Gasteiger partial charge in [0.1, 0.15) is 0 Å². The minimum atomic E-state index is 0.563. The van der Waals surface area contributed by atoms with Gasteiger partial charge in [-0.2, -0.15) is 0 Å². The molecule has 0 amide bonds.